The maximum atomic E-state index is 2.47. The second-order valence-corrected chi connectivity index (χ2v) is 9.29. The van der Waals surface area contributed by atoms with Crippen LogP contribution in [0.2, 0.25) is 0 Å². The van der Waals surface area contributed by atoms with Gasteiger partial charge in [0.1, 0.15) is 22.7 Å². The molecule has 0 aliphatic heterocycles. The Balaban J connectivity index is 2.15. The highest BCUT2D eigenvalue weighted by molar-refractivity contribution is 6.14. The first kappa shape index (κ1) is 25.2. The van der Waals surface area contributed by atoms with Crippen LogP contribution in [0.5, 0.6) is 0 Å². The Hall–Kier alpha value is -3.85. The summed E-state index contributed by atoms with van der Waals surface area (Å²) >= 11 is 0. The van der Waals surface area contributed by atoms with Gasteiger partial charge in [-0.25, -0.2) is 0 Å². The first-order valence-corrected chi connectivity index (χ1v) is 12.9. The molecule has 3 heteroatoms. The van der Waals surface area contributed by atoms with Crippen molar-refractivity contribution in [2.24, 2.45) is 0 Å². The van der Waals surface area contributed by atoms with Crippen LogP contribution < -0.4 is 9.80 Å². The molecule has 0 saturated carbocycles. The molecule has 0 heterocycles. The highest BCUT2D eigenvalue weighted by Crippen LogP contribution is 2.38. The summed E-state index contributed by atoms with van der Waals surface area (Å²) in [6.07, 6.45) is 0. The lowest BCUT2D eigenvalue weighted by molar-refractivity contribution is -0.522. The normalized spacial score (nSPS) is 10.7. The van der Waals surface area contributed by atoms with Crippen molar-refractivity contribution in [1.82, 2.24) is 0 Å². The van der Waals surface area contributed by atoms with E-state index in [1.54, 1.807) is 0 Å². The van der Waals surface area contributed by atoms with E-state index in [0.29, 0.717) is 0 Å². The average molecular weight is 477 g/mol. The van der Waals surface area contributed by atoms with Crippen LogP contribution in [0.15, 0.2) is 97.1 Å². The van der Waals surface area contributed by atoms with E-state index in [1.807, 2.05) is 0 Å². The number of hydrogen-bond donors (Lipinski definition) is 0. The van der Waals surface area contributed by atoms with E-state index in [9.17, 15) is 0 Å². The molecular formula is C33H38N3+. The van der Waals surface area contributed by atoms with Gasteiger partial charge in [0.25, 0.3) is 0 Å². The van der Waals surface area contributed by atoms with Gasteiger partial charge in [0.05, 0.1) is 13.1 Å². The maximum absolute atomic E-state index is 2.47. The highest BCUT2D eigenvalue weighted by Gasteiger charge is 2.37. The van der Waals surface area contributed by atoms with Crippen molar-refractivity contribution in [3.05, 3.63) is 119 Å². The molecule has 4 aromatic rings. The van der Waals surface area contributed by atoms with E-state index < -0.39 is 0 Å². The molecule has 0 aliphatic rings. The van der Waals surface area contributed by atoms with Crippen molar-refractivity contribution in [3.63, 3.8) is 0 Å². The first-order valence-electron chi connectivity index (χ1n) is 12.9. The smallest absolute Gasteiger partial charge is 0.264 e. The molecule has 0 spiro atoms. The van der Waals surface area contributed by atoms with E-state index in [0.717, 1.165) is 19.0 Å². The molecule has 4 rings (SSSR count). The molecule has 0 N–H and O–H groups in total. The van der Waals surface area contributed by atoms with Gasteiger partial charge in [-0.15, -0.1) is 0 Å². The molecule has 0 radical (unpaired) electrons. The molecular weight excluding hydrogens is 438 g/mol. The van der Waals surface area contributed by atoms with Crippen molar-refractivity contribution in [2.75, 3.05) is 22.9 Å². The second kappa shape index (κ2) is 11.3. The number of hydrogen-bond acceptors (Lipinski definition) is 0. The van der Waals surface area contributed by atoms with E-state index in [2.05, 4.69) is 153 Å². The monoisotopic (exact) mass is 476 g/mol. The third kappa shape index (κ3) is 4.92. The van der Waals surface area contributed by atoms with Crippen molar-refractivity contribution in [1.29, 1.82) is 0 Å². The molecule has 0 saturated heterocycles. The number of benzene rings is 4. The molecule has 0 unspecified atom stereocenters. The third-order valence-electron chi connectivity index (χ3n) is 6.87. The van der Waals surface area contributed by atoms with Gasteiger partial charge in [-0.1, -0.05) is 72.8 Å². The van der Waals surface area contributed by atoms with E-state index in [4.69, 9.17) is 0 Å². The lowest BCUT2D eigenvalue weighted by atomic mass is 10.1. The van der Waals surface area contributed by atoms with Crippen LogP contribution in [0.4, 0.5) is 22.7 Å². The topological polar surface area (TPSA) is 9.49 Å². The fourth-order valence-electron chi connectivity index (χ4n) is 4.84. The Labute approximate surface area is 217 Å². The molecule has 0 fully saturated rings. The summed E-state index contributed by atoms with van der Waals surface area (Å²) in [6, 6.07) is 34.8. The van der Waals surface area contributed by atoms with E-state index in [1.165, 1.54) is 45.0 Å². The van der Waals surface area contributed by atoms with Crippen LogP contribution >= 0.6 is 0 Å². The lowest BCUT2D eigenvalue weighted by Gasteiger charge is -2.32. The van der Waals surface area contributed by atoms with Crippen LogP contribution in [0.25, 0.3) is 0 Å². The molecule has 184 valence electrons. The molecule has 3 nitrogen and oxygen atoms in total. The van der Waals surface area contributed by atoms with Gasteiger partial charge in [-0.2, -0.15) is 9.80 Å². The fraction of sp³-hybridized carbons (Fsp3) is 0.242. The zero-order chi connectivity index (χ0) is 25.7. The van der Waals surface area contributed by atoms with Crippen LogP contribution in [-0.4, -0.2) is 23.6 Å². The fourth-order valence-corrected chi connectivity index (χ4v) is 4.84. The molecule has 0 aliphatic carbocycles. The number of anilines is 4. The average Bonchev–Trinajstić information content (AvgIpc) is 2.89. The minimum Gasteiger partial charge on any atom is -0.264 e. The number of nitrogens with zero attached hydrogens (tertiary/aromatic N) is 3. The Kier molecular flexibility index (Phi) is 7.90. The summed E-state index contributed by atoms with van der Waals surface area (Å²) in [4.78, 5) is 4.91. The van der Waals surface area contributed by atoms with Crippen LogP contribution in [0, 0.1) is 27.7 Å². The van der Waals surface area contributed by atoms with Crippen molar-refractivity contribution >= 4 is 28.7 Å². The van der Waals surface area contributed by atoms with Gasteiger partial charge < -0.3 is 0 Å². The Morgan fingerprint density at radius 3 is 0.944 bits per heavy atom. The molecule has 0 amide bonds. The number of rotatable bonds is 6. The summed E-state index contributed by atoms with van der Waals surface area (Å²) in [5.41, 5.74) is 9.67. The van der Waals surface area contributed by atoms with Crippen LogP contribution in [0.3, 0.4) is 0 Å². The number of aryl methyl sites for hydroxylation is 4. The van der Waals surface area contributed by atoms with Crippen LogP contribution in [-0.2, 0) is 0 Å². The lowest BCUT2D eigenvalue weighted by Crippen LogP contribution is -2.47. The summed E-state index contributed by atoms with van der Waals surface area (Å²) in [5.74, 6) is 1.13. The minimum absolute atomic E-state index is 0.883. The van der Waals surface area contributed by atoms with Crippen molar-refractivity contribution < 1.29 is 4.58 Å². The molecule has 4 aromatic carbocycles. The predicted octanol–water partition coefficient (Wildman–Crippen LogP) is 8.30. The summed E-state index contributed by atoms with van der Waals surface area (Å²) in [5, 5.41) is 0. The molecule has 0 bridgehead atoms. The van der Waals surface area contributed by atoms with Gasteiger partial charge in [0.2, 0.25) is 0 Å². The van der Waals surface area contributed by atoms with Gasteiger partial charge in [-0.05, 0) is 88.1 Å². The number of para-hydroxylation sites is 4. The predicted molar refractivity (Wildman–Crippen MR) is 155 cm³/mol. The summed E-state index contributed by atoms with van der Waals surface area (Å²) in [7, 11) is 0. The summed E-state index contributed by atoms with van der Waals surface area (Å²) < 4.78 is 2.47. The molecule has 0 atom stereocenters. The van der Waals surface area contributed by atoms with Gasteiger partial charge in [0, 0.05) is 0 Å². The van der Waals surface area contributed by atoms with Gasteiger partial charge in [0.15, 0.2) is 0 Å². The third-order valence-corrected chi connectivity index (χ3v) is 6.87. The SMILES string of the molecule is CC[N+](CC)=C(N(c1ccccc1C)c1ccccc1C)N(c1ccccc1C)c1ccccc1C. The van der Waals surface area contributed by atoms with Crippen molar-refractivity contribution in [3.8, 4) is 0 Å². The van der Waals surface area contributed by atoms with E-state index >= 15 is 0 Å². The quantitative estimate of drug-likeness (QED) is 0.157. The molecule has 36 heavy (non-hydrogen) atoms. The standard InChI is InChI=1S/C33H38N3/c1-7-34(8-2)33(35(29-21-13-9-17-25(29)3)30-22-14-10-18-26(30)4)36(31-23-15-11-19-27(31)5)32-24-16-12-20-28(32)6/h9-24H,7-8H2,1-6H3/q+1. The summed E-state index contributed by atoms with van der Waals surface area (Å²) in [6.45, 7) is 15.1. The molecule has 0 aromatic heterocycles. The Bertz CT molecular complexity index is 1170. The first-order chi connectivity index (χ1) is 17.5. The van der Waals surface area contributed by atoms with Gasteiger partial charge >= 0.3 is 5.96 Å². The zero-order valence-electron chi connectivity index (χ0n) is 22.5. The second-order valence-electron chi connectivity index (χ2n) is 9.29. The van der Waals surface area contributed by atoms with Crippen molar-refractivity contribution in [2.45, 2.75) is 41.5 Å². The number of guanidine groups is 1. The maximum Gasteiger partial charge on any atom is 0.370 e. The van der Waals surface area contributed by atoms with E-state index in [-0.39, 0.29) is 0 Å². The van der Waals surface area contributed by atoms with Crippen LogP contribution in [0.1, 0.15) is 36.1 Å². The zero-order valence-corrected chi connectivity index (χ0v) is 22.5. The Morgan fingerprint density at radius 1 is 0.472 bits per heavy atom. The Morgan fingerprint density at radius 2 is 0.722 bits per heavy atom. The largest absolute Gasteiger partial charge is 0.370 e. The minimum atomic E-state index is 0.883. The van der Waals surface area contributed by atoms with Gasteiger partial charge in [-0.3, -0.25) is 4.58 Å². The highest BCUT2D eigenvalue weighted by atomic mass is 15.4.